The van der Waals surface area contributed by atoms with Crippen molar-refractivity contribution >= 4 is 40.3 Å². The summed E-state index contributed by atoms with van der Waals surface area (Å²) in [6, 6.07) is 12.7. The highest BCUT2D eigenvalue weighted by Crippen LogP contribution is 2.62. The van der Waals surface area contributed by atoms with Crippen LogP contribution in [0.25, 0.3) is 16.5 Å². The summed E-state index contributed by atoms with van der Waals surface area (Å²) in [7, 11) is 0. The van der Waals surface area contributed by atoms with E-state index < -0.39 is 0 Å². The van der Waals surface area contributed by atoms with Crippen LogP contribution in [0.4, 0.5) is 11.6 Å². The molecule has 74 heavy (non-hydrogen) atoms. The number of anilines is 2. The molecule has 1 aromatic heterocycles. The molecule has 0 bridgehead atoms. The van der Waals surface area contributed by atoms with Crippen LogP contribution in [0.3, 0.4) is 0 Å². The molecule has 3 nitrogen and oxygen atoms in total. The molecule has 2 saturated carbocycles. The molecule has 2 fully saturated rings. The molecule has 0 radical (unpaired) electrons. The first-order valence-electron chi connectivity index (χ1n) is 29.4. The molecule has 0 saturated heterocycles. The Hall–Kier alpha value is -4.44. The second-order valence-corrected chi connectivity index (χ2v) is 31.4. The molecule has 12 rings (SSSR count). The van der Waals surface area contributed by atoms with Crippen LogP contribution in [-0.4, -0.2) is 12.8 Å². The molecule has 7 aliphatic carbocycles. The van der Waals surface area contributed by atoms with Gasteiger partial charge in [-0.05, 0) is 195 Å². The number of rotatable bonds is 3. The minimum absolute atomic E-state index is 0.0163. The third-order valence-electron chi connectivity index (χ3n) is 21.7. The minimum atomic E-state index is -0.0521. The fraction of sp³-hybridized carbons (Fsp3) is 0.571. The molecule has 2 aromatic carbocycles. The van der Waals surface area contributed by atoms with Crippen molar-refractivity contribution in [2.75, 3.05) is 9.80 Å². The highest BCUT2D eigenvalue weighted by atomic mass is 16.4. The number of nitrogens with zero attached hydrogens (tertiary/aromatic N) is 2. The van der Waals surface area contributed by atoms with Crippen LogP contribution in [0, 0.1) is 44.8 Å². The van der Waals surface area contributed by atoms with Gasteiger partial charge in [0.2, 0.25) is 0 Å². The zero-order valence-electron chi connectivity index (χ0n) is 49.3. The smallest absolute Gasteiger partial charge is 0.252 e. The maximum atomic E-state index is 7.63. The molecule has 0 N–H and O–H groups in total. The summed E-state index contributed by atoms with van der Waals surface area (Å²) < 4.78 is 7.63. The summed E-state index contributed by atoms with van der Waals surface area (Å²) in [5.41, 5.74) is 22.5. The third-order valence-corrected chi connectivity index (χ3v) is 21.7. The lowest BCUT2D eigenvalue weighted by atomic mass is 9.29. The van der Waals surface area contributed by atoms with Crippen molar-refractivity contribution in [1.29, 1.82) is 0 Å². The molecule has 3 aromatic rings. The Morgan fingerprint density at radius 2 is 1.35 bits per heavy atom. The first kappa shape index (κ1) is 50.4. The Balaban J connectivity index is 1.23. The van der Waals surface area contributed by atoms with E-state index >= 15 is 0 Å². The van der Waals surface area contributed by atoms with Gasteiger partial charge in [0, 0.05) is 33.5 Å². The fourth-order valence-corrected chi connectivity index (χ4v) is 16.1. The van der Waals surface area contributed by atoms with Crippen molar-refractivity contribution in [2.45, 2.75) is 211 Å². The highest BCUT2D eigenvalue weighted by Gasteiger charge is 2.57. The Bertz CT molecular complexity index is 3170. The number of fused-ring (bicyclic) bond motifs is 8. The number of benzene rings is 2. The lowest BCUT2D eigenvalue weighted by molar-refractivity contribution is 0.0325. The van der Waals surface area contributed by atoms with Gasteiger partial charge in [-0.1, -0.05) is 178 Å². The van der Waals surface area contributed by atoms with Gasteiger partial charge in [0.15, 0.2) is 5.88 Å². The zero-order valence-corrected chi connectivity index (χ0v) is 49.3. The lowest BCUT2D eigenvalue weighted by Gasteiger charge is -2.56. The molecule has 4 unspecified atom stereocenters. The van der Waals surface area contributed by atoms with Gasteiger partial charge in [0.25, 0.3) is 6.71 Å². The second-order valence-electron chi connectivity index (χ2n) is 31.4. The standard InChI is InChI=1S/C70H91BN2O/c1-63(2,3)43-24-27-59-47(34-43)60-62(74-59)72(45-25-26-48-49(37-45)66(9,10)29-28-65(48,7)8)57-35-44(64(4,5)6)36-58-61(57)71(60)54-39-51-53(70(17,18)33-31-68(51,13)14)41-56(54)73(58)55-40-52-50(67(11,12)30-32-69(52,15)16)38-46(55)42-22-20-19-21-23-42/h19-20,22,24-27,34,36-40,48-49,53,57H,21,23,28-33,35,41H2,1-18H3. The molecule has 4 atom stereocenters. The van der Waals surface area contributed by atoms with Crippen molar-refractivity contribution < 1.29 is 4.42 Å². The van der Waals surface area contributed by atoms with Gasteiger partial charge in [0.05, 0.1) is 11.7 Å². The van der Waals surface area contributed by atoms with E-state index in [1.165, 1.54) is 99.9 Å². The molecular weight excluding hydrogens is 896 g/mol. The number of hydrogen-bond acceptors (Lipinski definition) is 3. The van der Waals surface area contributed by atoms with Gasteiger partial charge < -0.3 is 14.2 Å². The largest absolute Gasteiger partial charge is 0.441 e. The van der Waals surface area contributed by atoms with Crippen LogP contribution < -0.4 is 15.3 Å². The predicted molar refractivity (Wildman–Crippen MR) is 317 cm³/mol. The van der Waals surface area contributed by atoms with Crippen LogP contribution in [0.1, 0.15) is 211 Å². The SMILES string of the molecule is CC(C)(C)C1=CC2=C3B(C4=C(CC5C(=C4)C(C)(C)CCC5(C)C)N2c2cc4c(cc2C2=CC=CCC2)C(C)(C)CCC4(C)C)c2c(oc4ccc(C(C)(C)C)cc24)N(C2=CC4C(C=C2)C(C)(C)CCC4(C)C)C3C1. The van der Waals surface area contributed by atoms with E-state index in [4.69, 9.17) is 4.42 Å². The van der Waals surface area contributed by atoms with E-state index in [1.54, 1.807) is 22.2 Å². The minimum Gasteiger partial charge on any atom is -0.441 e. The van der Waals surface area contributed by atoms with Crippen LogP contribution in [-0.2, 0) is 16.2 Å². The van der Waals surface area contributed by atoms with Crippen molar-refractivity contribution in [3.8, 4) is 0 Å². The van der Waals surface area contributed by atoms with Gasteiger partial charge in [0.1, 0.15) is 5.58 Å². The fourth-order valence-electron chi connectivity index (χ4n) is 16.1. The molecule has 390 valence electrons. The first-order chi connectivity index (χ1) is 34.4. The summed E-state index contributed by atoms with van der Waals surface area (Å²) in [4.78, 5) is 5.71. The van der Waals surface area contributed by atoms with Gasteiger partial charge in [-0.3, -0.25) is 0 Å². The quantitative estimate of drug-likeness (QED) is 0.244. The average Bonchev–Trinajstić information content (AvgIpc) is 3.71. The van der Waals surface area contributed by atoms with Crippen LogP contribution in [0.5, 0.6) is 0 Å². The van der Waals surface area contributed by atoms with Gasteiger partial charge in [-0.15, -0.1) is 0 Å². The molecule has 0 amide bonds. The molecule has 2 aliphatic heterocycles. The maximum Gasteiger partial charge on any atom is 0.252 e. The van der Waals surface area contributed by atoms with E-state index in [2.05, 4.69) is 213 Å². The third kappa shape index (κ3) is 7.59. The van der Waals surface area contributed by atoms with E-state index in [0.717, 1.165) is 37.2 Å². The topological polar surface area (TPSA) is 19.6 Å². The predicted octanol–water partition coefficient (Wildman–Crippen LogP) is 18.5. The van der Waals surface area contributed by atoms with Crippen molar-refractivity contribution in [3.63, 3.8) is 0 Å². The van der Waals surface area contributed by atoms with E-state index in [0.29, 0.717) is 17.8 Å². The monoisotopic (exact) mass is 987 g/mol. The molecule has 9 aliphatic rings. The summed E-state index contributed by atoms with van der Waals surface area (Å²) in [6.45, 7) is 45.1. The van der Waals surface area contributed by atoms with Crippen LogP contribution in [0.2, 0.25) is 0 Å². The van der Waals surface area contributed by atoms with E-state index in [9.17, 15) is 0 Å². The number of hydrogen-bond donors (Lipinski definition) is 0. The number of allylic oxidation sites excluding steroid dienone is 12. The summed E-state index contributed by atoms with van der Waals surface area (Å²) in [6.07, 6.45) is 32.1. The average molecular weight is 987 g/mol. The maximum absolute atomic E-state index is 7.63. The Morgan fingerprint density at radius 3 is 2.01 bits per heavy atom. The zero-order chi connectivity index (χ0) is 52.8. The number of furan rings is 1. The van der Waals surface area contributed by atoms with Crippen LogP contribution >= 0.6 is 0 Å². The summed E-state index contributed by atoms with van der Waals surface area (Å²) in [5, 5.41) is 1.29. The highest BCUT2D eigenvalue weighted by molar-refractivity contribution is 6.90. The van der Waals surface area contributed by atoms with Gasteiger partial charge in [-0.2, -0.15) is 0 Å². The Morgan fingerprint density at radius 1 is 0.689 bits per heavy atom. The Kier molecular flexibility index (Phi) is 10.9. The van der Waals surface area contributed by atoms with Crippen molar-refractivity contribution in [1.82, 2.24) is 0 Å². The van der Waals surface area contributed by atoms with Crippen molar-refractivity contribution in [2.24, 2.45) is 44.8 Å². The summed E-state index contributed by atoms with van der Waals surface area (Å²) >= 11 is 0. The Labute approximate surface area is 448 Å². The summed E-state index contributed by atoms with van der Waals surface area (Å²) in [5.74, 6) is 2.43. The normalized spacial score (nSPS) is 28.8. The van der Waals surface area contributed by atoms with E-state index in [-0.39, 0.29) is 56.1 Å². The molecular formula is C70H91BN2O. The first-order valence-corrected chi connectivity index (χ1v) is 29.4. The molecule has 4 heteroatoms. The van der Waals surface area contributed by atoms with Gasteiger partial charge in [-0.25, -0.2) is 0 Å². The lowest BCUT2D eigenvalue weighted by Crippen LogP contribution is -2.59. The molecule has 0 spiro atoms. The van der Waals surface area contributed by atoms with E-state index in [1.807, 2.05) is 0 Å². The molecule has 3 heterocycles. The van der Waals surface area contributed by atoms with Crippen LogP contribution in [0.15, 0.2) is 123 Å². The van der Waals surface area contributed by atoms with Crippen molar-refractivity contribution in [3.05, 3.63) is 140 Å². The second kappa shape index (κ2) is 16.1. The van der Waals surface area contributed by atoms with Gasteiger partial charge >= 0.3 is 0 Å².